The second-order valence-electron chi connectivity index (χ2n) is 8.24. The van der Waals surface area contributed by atoms with E-state index in [2.05, 4.69) is 28.2 Å². The molecular weight excluding hydrogens is 396 g/mol. The highest BCUT2D eigenvalue weighted by Gasteiger charge is 2.22. The van der Waals surface area contributed by atoms with Crippen molar-refractivity contribution in [2.24, 2.45) is 0 Å². The Morgan fingerprint density at radius 1 is 0.938 bits per heavy atom. The Kier molecular flexibility index (Phi) is 4.46. The van der Waals surface area contributed by atoms with Crippen molar-refractivity contribution < 1.29 is 0 Å². The molecule has 1 N–H and O–H groups in total. The SMILES string of the molecule is O=c1c(-c2ccc3ncccc3c2)c[nH]c2c(C3=CCCCC3)c(-c3ccccc3)nn12. The molecule has 2 aromatic carbocycles. The van der Waals surface area contributed by atoms with Gasteiger partial charge in [-0.2, -0.15) is 9.61 Å². The minimum absolute atomic E-state index is 0.123. The van der Waals surface area contributed by atoms with Crippen molar-refractivity contribution in [3.8, 4) is 22.4 Å². The Morgan fingerprint density at radius 3 is 2.69 bits per heavy atom. The summed E-state index contributed by atoms with van der Waals surface area (Å²) in [7, 11) is 0. The zero-order valence-electron chi connectivity index (χ0n) is 17.6. The van der Waals surface area contributed by atoms with E-state index < -0.39 is 0 Å². The number of hydrogen-bond acceptors (Lipinski definition) is 3. The number of aromatic amines is 1. The standard InChI is InChI=1S/C27H22N4O/c32-27-22(20-13-14-23-21(16-20)12-7-15-28-23)17-29-26-24(18-8-3-1-4-9-18)25(30-31(26)27)19-10-5-2-6-11-19/h2,5-8,10-17,29H,1,3-4,9H2. The molecule has 0 aliphatic heterocycles. The minimum Gasteiger partial charge on any atom is -0.345 e. The van der Waals surface area contributed by atoms with Crippen LogP contribution in [0, 0.1) is 0 Å². The molecule has 3 heterocycles. The van der Waals surface area contributed by atoms with Crippen molar-refractivity contribution in [2.45, 2.75) is 25.7 Å². The lowest BCUT2D eigenvalue weighted by Gasteiger charge is -2.13. The number of fused-ring (bicyclic) bond motifs is 2. The van der Waals surface area contributed by atoms with Crippen molar-refractivity contribution >= 4 is 22.1 Å². The molecule has 0 fully saturated rings. The molecule has 0 amide bonds. The second-order valence-corrected chi connectivity index (χ2v) is 8.24. The Balaban J connectivity index is 1.59. The first-order chi connectivity index (χ1) is 15.8. The second kappa shape index (κ2) is 7.61. The summed E-state index contributed by atoms with van der Waals surface area (Å²) in [6.07, 6.45) is 10.3. The summed E-state index contributed by atoms with van der Waals surface area (Å²) in [6, 6.07) is 19.9. The van der Waals surface area contributed by atoms with Crippen LogP contribution in [0.1, 0.15) is 31.2 Å². The van der Waals surface area contributed by atoms with E-state index in [-0.39, 0.29) is 5.56 Å². The van der Waals surface area contributed by atoms with Crippen LogP contribution in [-0.4, -0.2) is 19.6 Å². The lowest BCUT2D eigenvalue weighted by molar-refractivity contribution is 0.742. The van der Waals surface area contributed by atoms with Crippen LogP contribution in [0.25, 0.3) is 44.5 Å². The summed E-state index contributed by atoms with van der Waals surface area (Å²) in [6.45, 7) is 0. The summed E-state index contributed by atoms with van der Waals surface area (Å²) in [5.41, 5.74) is 7.17. The van der Waals surface area contributed by atoms with Gasteiger partial charge in [-0.05, 0) is 55.0 Å². The number of pyridine rings is 1. The Hall–Kier alpha value is -3.99. The highest BCUT2D eigenvalue weighted by atomic mass is 16.1. The van der Waals surface area contributed by atoms with Crippen LogP contribution in [0.3, 0.4) is 0 Å². The first kappa shape index (κ1) is 18.8. The van der Waals surface area contributed by atoms with Crippen molar-refractivity contribution in [3.63, 3.8) is 0 Å². The van der Waals surface area contributed by atoms with Crippen LogP contribution >= 0.6 is 0 Å². The largest absolute Gasteiger partial charge is 0.345 e. The smallest absolute Gasteiger partial charge is 0.282 e. The quantitative estimate of drug-likeness (QED) is 0.399. The van der Waals surface area contributed by atoms with Crippen molar-refractivity contribution in [3.05, 3.63) is 95.1 Å². The third-order valence-corrected chi connectivity index (χ3v) is 6.23. The molecule has 5 nitrogen and oxygen atoms in total. The fraction of sp³-hybridized carbons (Fsp3) is 0.148. The van der Waals surface area contributed by atoms with Crippen LogP contribution < -0.4 is 5.56 Å². The molecule has 32 heavy (non-hydrogen) atoms. The molecule has 5 heteroatoms. The maximum atomic E-state index is 13.6. The summed E-state index contributed by atoms with van der Waals surface area (Å²) in [5.74, 6) is 0. The van der Waals surface area contributed by atoms with Gasteiger partial charge in [-0.3, -0.25) is 9.78 Å². The number of aromatic nitrogens is 4. The molecule has 6 rings (SSSR count). The predicted octanol–water partition coefficient (Wildman–Crippen LogP) is 5.86. The van der Waals surface area contributed by atoms with Gasteiger partial charge in [0.25, 0.3) is 5.56 Å². The average Bonchev–Trinajstić information content (AvgIpc) is 3.26. The van der Waals surface area contributed by atoms with E-state index in [4.69, 9.17) is 5.10 Å². The lowest BCUT2D eigenvalue weighted by atomic mass is 9.92. The molecule has 156 valence electrons. The summed E-state index contributed by atoms with van der Waals surface area (Å²) < 4.78 is 1.54. The molecule has 5 aromatic rings. The van der Waals surface area contributed by atoms with Crippen molar-refractivity contribution in [1.29, 1.82) is 0 Å². The number of H-pyrrole nitrogens is 1. The molecule has 0 bridgehead atoms. The summed E-state index contributed by atoms with van der Waals surface area (Å²) >= 11 is 0. The number of nitrogens with zero attached hydrogens (tertiary/aromatic N) is 3. The highest BCUT2D eigenvalue weighted by Crippen LogP contribution is 2.36. The molecule has 0 radical (unpaired) electrons. The first-order valence-electron chi connectivity index (χ1n) is 11.0. The number of hydrogen-bond donors (Lipinski definition) is 1. The Labute approximate surface area is 185 Å². The molecule has 0 spiro atoms. The number of allylic oxidation sites excluding steroid dienone is 2. The van der Waals surface area contributed by atoms with E-state index in [1.54, 1.807) is 6.20 Å². The zero-order valence-corrected chi connectivity index (χ0v) is 17.6. The Morgan fingerprint density at radius 2 is 1.84 bits per heavy atom. The van der Waals surface area contributed by atoms with E-state index in [0.29, 0.717) is 5.56 Å². The van der Waals surface area contributed by atoms with Crippen molar-refractivity contribution in [1.82, 2.24) is 19.6 Å². The van der Waals surface area contributed by atoms with Gasteiger partial charge in [0, 0.05) is 28.9 Å². The highest BCUT2D eigenvalue weighted by molar-refractivity contribution is 5.88. The van der Waals surface area contributed by atoms with Gasteiger partial charge in [0.1, 0.15) is 11.3 Å². The molecule has 1 aliphatic rings. The van der Waals surface area contributed by atoms with Crippen molar-refractivity contribution in [2.75, 3.05) is 0 Å². The van der Waals surface area contributed by atoms with Gasteiger partial charge in [-0.15, -0.1) is 0 Å². The monoisotopic (exact) mass is 418 g/mol. The molecule has 0 atom stereocenters. The maximum Gasteiger partial charge on any atom is 0.282 e. The van der Waals surface area contributed by atoms with Gasteiger partial charge < -0.3 is 4.98 Å². The summed E-state index contributed by atoms with van der Waals surface area (Å²) in [5, 5.41) is 5.83. The predicted molar refractivity (Wildman–Crippen MR) is 128 cm³/mol. The molecule has 1 aliphatic carbocycles. The molecule has 0 unspecified atom stereocenters. The maximum absolute atomic E-state index is 13.6. The van der Waals surface area contributed by atoms with Gasteiger partial charge in [-0.1, -0.05) is 48.5 Å². The van der Waals surface area contributed by atoms with E-state index in [9.17, 15) is 4.79 Å². The lowest BCUT2D eigenvalue weighted by Crippen LogP contribution is -2.17. The van der Waals surface area contributed by atoms with Crippen LogP contribution in [0.5, 0.6) is 0 Å². The van der Waals surface area contributed by atoms with E-state index >= 15 is 0 Å². The first-order valence-corrected chi connectivity index (χ1v) is 11.0. The molecule has 0 saturated carbocycles. The average molecular weight is 419 g/mol. The zero-order chi connectivity index (χ0) is 21.5. The van der Waals surface area contributed by atoms with Gasteiger partial charge in [0.2, 0.25) is 0 Å². The third kappa shape index (κ3) is 3.05. The number of nitrogens with one attached hydrogen (secondary N) is 1. The number of benzene rings is 2. The fourth-order valence-electron chi connectivity index (χ4n) is 4.63. The number of rotatable bonds is 3. The topological polar surface area (TPSA) is 63.0 Å². The Bertz CT molecular complexity index is 1540. The third-order valence-electron chi connectivity index (χ3n) is 6.23. The van der Waals surface area contributed by atoms with Crippen LogP contribution in [0.4, 0.5) is 0 Å². The van der Waals surface area contributed by atoms with E-state index in [1.807, 2.05) is 54.7 Å². The summed E-state index contributed by atoms with van der Waals surface area (Å²) in [4.78, 5) is 21.4. The van der Waals surface area contributed by atoms with Crippen LogP contribution in [0.2, 0.25) is 0 Å². The minimum atomic E-state index is -0.123. The van der Waals surface area contributed by atoms with E-state index in [1.165, 1.54) is 16.5 Å². The van der Waals surface area contributed by atoms with Gasteiger partial charge in [0.05, 0.1) is 11.1 Å². The van der Waals surface area contributed by atoms with E-state index in [0.717, 1.165) is 58.2 Å². The molecule has 0 saturated heterocycles. The van der Waals surface area contributed by atoms with Gasteiger partial charge in [0.15, 0.2) is 0 Å². The van der Waals surface area contributed by atoms with Crippen LogP contribution in [0.15, 0.2) is 83.9 Å². The fourth-order valence-corrected chi connectivity index (χ4v) is 4.63. The van der Waals surface area contributed by atoms with Gasteiger partial charge >= 0.3 is 0 Å². The molecule has 3 aromatic heterocycles. The normalized spacial score (nSPS) is 14.1. The molecular formula is C27H22N4O. The van der Waals surface area contributed by atoms with Crippen LogP contribution in [-0.2, 0) is 0 Å². The van der Waals surface area contributed by atoms with Gasteiger partial charge in [-0.25, -0.2) is 0 Å².